The van der Waals surface area contributed by atoms with Gasteiger partial charge in [-0.15, -0.1) is 0 Å². The molecule has 0 saturated heterocycles. The summed E-state index contributed by atoms with van der Waals surface area (Å²) in [7, 11) is 0. The average molecular weight is 1340 g/mol. The monoisotopic (exact) mass is 1330 g/mol. The molecule has 0 unspecified atom stereocenters. The van der Waals surface area contributed by atoms with Gasteiger partial charge in [0.1, 0.15) is 23.0 Å². The molecule has 1 aliphatic carbocycles. The number of fused-ring (bicyclic) bond motifs is 15. The molecule has 4 heterocycles. The van der Waals surface area contributed by atoms with E-state index in [-0.39, 0.29) is 28.4 Å². The van der Waals surface area contributed by atoms with Gasteiger partial charge in [-0.05, 0) is 164 Å². The van der Waals surface area contributed by atoms with Gasteiger partial charge in [-0.3, -0.25) is 0 Å². The van der Waals surface area contributed by atoms with Crippen LogP contribution in [0.4, 0.5) is 34.1 Å². The first kappa shape index (κ1) is 64.2. The second kappa shape index (κ2) is 22.8. The van der Waals surface area contributed by atoms with Crippen LogP contribution in [0.3, 0.4) is 0 Å². The van der Waals surface area contributed by atoms with E-state index in [1.54, 1.807) is 0 Å². The van der Waals surface area contributed by atoms with Gasteiger partial charge in [-0.25, -0.2) is 0 Å². The molecule has 13 aromatic carbocycles. The van der Waals surface area contributed by atoms with Gasteiger partial charge in [0, 0.05) is 67.6 Å². The number of nitrogens with zero attached hydrogens (tertiary/aromatic N) is 2. The highest BCUT2D eigenvalue weighted by atomic mass is 16.5. The normalized spacial score (nSPS) is 14.8. The van der Waals surface area contributed by atoms with Crippen LogP contribution in [0, 0.1) is 0 Å². The summed E-state index contributed by atoms with van der Waals surface area (Å²) in [6.07, 6.45) is 0. The molecule has 0 N–H and O–H groups in total. The average Bonchev–Trinajstić information content (AvgIpc) is 1.68. The molecule has 1 spiro atoms. The number of anilines is 6. The molecule has 0 fully saturated rings. The van der Waals surface area contributed by atoms with Gasteiger partial charge in [-0.1, -0.05) is 315 Å². The summed E-state index contributed by atoms with van der Waals surface area (Å²) in [5.41, 5.74) is 32.8. The molecule has 0 bridgehead atoms. The summed E-state index contributed by atoms with van der Waals surface area (Å²) < 4.78 is 14.7. The first-order valence-corrected chi connectivity index (χ1v) is 36.9. The van der Waals surface area contributed by atoms with E-state index in [4.69, 9.17) is 9.47 Å². The van der Waals surface area contributed by atoms with Gasteiger partial charge in [0.2, 0.25) is 0 Å². The van der Waals surface area contributed by atoms with Crippen molar-refractivity contribution in [3.05, 3.63) is 329 Å². The minimum Gasteiger partial charge on any atom is -0.457 e. The van der Waals surface area contributed by atoms with Crippen LogP contribution in [0.5, 0.6) is 23.0 Å². The van der Waals surface area contributed by atoms with Crippen molar-refractivity contribution < 1.29 is 9.47 Å². The molecule has 0 atom stereocenters. The Bertz CT molecular complexity index is 5580. The largest absolute Gasteiger partial charge is 0.457 e. The summed E-state index contributed by atoms with van der Waals surface area (Å²) >= 11 is 0. The third-order valence-electron chi connectivity index (χ3n) is 23.2. The molecule has 4 aliphatic heterocycles. The summed E-state index contributed by atoms with van der Waals surface area (Å²) in [6, 6.07) is 104. The van der Waals surface area contributed by atoms with E-state index >= 15 is 0 Å². The Morgan fingerprint density at radius 1 is 0.262 bits per heavy atom. The molecule has 0 radical (unpaired) electrons. The van der Waals surface area contributed by atoms with E-state index < -0.39 is 10.8 Å². The Hall–Kier alpha value is -10.9. The van der Waals surface area contributed by atoms with E-state index in [1.165, 1.54) is 88.7 Å². The zero-order valence-electron chi connectivity index (χ0n) is 61.8. The lowest BCUT2D eigenvalue weighted by Crippen LogP contribution is -2.61. The first-order valence-electron chi connectivity index (χ1n) is 36.9. The van der Waals surface area contributed by atoms with E-state index in [2.05, 4.69) is 380 Å². The zero-order valence-corrected chi connectivity index (χ0v) is 61.8. The molecule has 18 rings (SSSR count). The Balaban J connectivity index is 0.975. The summed E-state index contributed by atoms with van der Waals surface area (Å²) in [5, 5.41) is 0. The summed E-state index contributed by atoms with van der Waals surface area (Å²) in [6.45, 7) is 32.7. The molecule has 0 saturated carbocycles. The highest BCUT2D eigenvalue weighted by molar-refractivity contribution is 7.00. The lowest BCUT2D eigenvalue weighted by molar-refractivity contribution is 0.418. The summed E-state index contributed by atoms with van der Waals surface area (Å²) in [5.74, 6) is 3.45. The fraction of sp³-hybridized carbons (Fsp3) is 0.204. The number of hydrogen-bond donors (Lipinski definition) is 0. The number of rotatable bonds is 6. The van der Waals surface area contributed by atoms with Crippen molar-refractivity contribution in [3.8, 4) is 78.6 Å². The minimum absolute atomic E-state index is 0.113. The molecule has 5 aliphatic rings. The van der Waals surface area contributed by atoms with Crippen molar-refractivity contribution >= 4 is 57.2 Å². The van der Waals surface area contributed by atoms with Crippen LogP contribution in [0.15, 0.2) is 273 Å². The quantitative estimate of drug-likeness (QED) is 0.155. The molecule has 0 amide bonds. The maximum absolute atomic E-state index is 7.40. The molecule has 504 valence electrons. The lowest BCUT2D eigenvalue weighted by Gasteiger charge is -2.46. The van der Waals surface area contributed by atoms with Crippen LogP contribution in [-0.4, -0.2) is 6.71 Å². The Morgan fingerprint density at radius 2 is 0.670 bits per heavy atom. The van der Waals surface area contributed by atoms with Crippen molar-refractivity contribution in [1.82, 2.24) is 0 Å². The Labute approximate surface area is 609 Å². The van der Waals surface area contributed by atoms with Crippen molar-refractivity contribution in [2.75, 3.05) is 9.80 Å². The molecular weight excluding hydrogens is 1250 g/mol. The van der Waals surface area contributed by atoms with Crippen LogP contribution in [0.1, 0.15) is 153 Å². The highest BCUT2D eigenvalue weighted by Gasteiger charge is 2.52. The van der Waals surface area contributed by atoms with Crippen LogP contribution >= 0.6 is 0 Å². The molecule has 103 heavy (non-hydrogen) atoms. The van der Waals surface area contributed by atoms with Crippen LogP contribution in [0.2, 0.25) is 0 Å². The van der Waals surface area contributed by atoms with E-state index in [0.717, 1.165) is 96.1 Å². The predicted octanol–water partition coefficient (Wildman–Crippen LogP) is 24.5. The third-order valence-corrected chi connectivity index (χ3v) is 23.2. The third kappa shape index (κ3) is 9.99. The molecule has 0 aromatic heterocycles. The van der Waals surface area contributed by atoms with Gasteiger partial charge in [0.25, 0.3) is 6.71 Å². The predicted molar refractivity (Wildman–Crippen MR) is 433 cm³/mol. The van der Waals surface area contributed by atoms with Crippen LogP contribution < -0.4 is 35.7 Å². The maximum atomic E-state index is 7.40. The van der Waals surface area contributed by atoms with Crippen LogP contribution in [0.25, 0.3) is 55.6 Å². The van der Waals surface area contributed by atoms with Crippen molar-refractivity contribution in [2.45, 2.75) is 129 Å². The second-order valence-electron chi connectivity index (χ2n) is 34.1. The van der Waals surface area contributed by atoms with Gasteiger partial charge in [0.15, 0.2) is 0 Å². The van der Waals surface area contributed by atoms with Gasteiger partial charge in [0.05, 0.1) is 16.8 Å². The standard InChI is InChI=1S/C98H87BN2O2/c1-93(2,3)66-48-64(49-67(56-66)94(4,5)6)70-32-20-26-40-82(70)100-84-47-45-61(60-30-16-15-17-31-60)52-80(84)99-81-58-79-91(102-88-42-28-24-38-76(88)97(79,13)14)59-85(81)101(83-41-27-21-33-71(83)65-50-68(95(7,8)9)57-69(51-65)96(10,11)12)87-54-63(53-86(100)92(87)99)62-44-46-78-90(55-62)103-89-43-29-25-39-77(89)98(78)74-36-22-18-34-72(74)73-35-19-23-37-75(73)98/h15-59H,1-14H3. The van der Waals surface area contributed by atoms with Gasteiger partial charge < -0.3 is 19.3 Å². The number of para-hydroxylation sites is 4. The zero-order chi connectivity index (χ0) is 71.0. The van der Waals surface area contributed by atoms with Crippen molar-refractivity contribution in [3.63, 3.8) is 0 Å². The number of hydrogen-bond acceptors (Lipinski definition) is 4. The second-order valence-corrected chi connectivity index (χ2v) is 34.1. The first-order chi connectivity index (χ1) is 49.3. The Morgan fingerprint density at radius 3 is 1.20 bits per heavy atom. The van der Waals surface area contributed by atoms with Crippen molar-refractivity contribution in [2.24, 2.45) is 0 Å². The van der Waals surface area contributed by atoms with E-state index in [0.29, 0.717) is 0 Å². The smallest absolute Gasteiger partial charge is 0.252 e. The maximum Gasteiger partial charge on any atom is 0.252 e. The molecular formula is C98H87BN2O2. The van der Waals surface area contributed by atoms with E-state index in [9.17, 15) is 0 Å². The molecule has 4 nitrogen and oxygen atoms in total. The Kier molecular flexibility index (Phi) is 14.2. The SMILES string of the molecule is CC(C)(C)c1cc(-c2ccccc2N2c3ccc(-c4ccccc4)cc3B3c4cc5c(cc4N(c4ccccc4-c4cc(C(C)(C)C)cc(C(C)(C)C)c4)c4cc(-c6ccc7c(c6)Oc6ccccc6C76c7ccccc7-c7ccccc76)cc2c43)Oc2ccccc2C5(C)C)cc(C(C)(C)C)c1. The van der Waals surface area contributed by atoms with Gasteiger partial charge in [-0.2, -0.15) is 0 Å². The number of benzene rings is 13. The number of ether oxygens (including phenoxy) is 2. The molecule has 5 heteroatoms. The van der Waals surface area contributed by atoms with Gasteiger partial charge >= 0.3 is 0 Å². The fourth-order valence-corrected chi connectivity index (χ4v) is 17.6. The lowest BCUT2D eigenvalue weighted by atomic mass is 9.33. The molecule has 13 aromatic rings. The topological polar surface area (TPSA) is 24.9 Å². The van der Waals surface area contributed by atoms with Crippen molar-refractivity contribution in [1.29, 1.82) is 0 Å². The fourth-order valence-electron chi connectivity index (χ4n) is 17.6. The summed E-state index contributed by atoms with van der Waals surface area (Å²) in [4.78, 5) is 5.27. The van der Waals surface area contributed by atoms with Crippen LogP contribution in [-0.2, 0) is 32.5 Å². The minimum atomic E-state index is -0.622. The van der Waals surface area contributed by atoms with E-state index in [1.807, 2.05) is 0 Å². The highest BCUT2D eigenvalue weighted by Crippen LogP contribution is 2.63.